The second-order valence-electron chi connectivity index (χ2n) is 3.73. The van der Waals surface area contributed by atoms with Crippen molar-refractivity contribution in [2.45, 2.75) is 13.0 Å². The van der Waals surface area contributed by atoms with E-state index in [-0.39, 0.29) is 6.10 Å². The monoisotopic (exact) mass is 267 g/mol. The highest BCUT2D eigenvalue weighted by Crippen LogP contribution is 2.08. The standard InChI is InChI=1S/C9H17NO6S/c1-2-10(9(11)7-17(12,13)14)3-4-15-5-8-6-16-8/h8H,2-7H2,1H3,(H,12,13,14). The van der Waals surface area contributed by atoms with Gasteiger partial charge in [-0.15, -0.1) is 0 Å². The van der Waals surface area contributed by atoms with Crippen LogP contribution >= 0.6 is 0 Å². The zero-order chi connectivity index (χ0) is 12.9. The molecule has 1 N–H and O–H groups in total. The van der Waals surface area contributed by atoms with Crippen molar-refractivity contribution in [2.24, 2.45) is 0 Å². The Balaban J connectivity index is 2.23. The smallest absolute Gasteiger partial charge is 0.274 e. The number of amides is 1. The summed E-state index contributed by atoms with van der Waals surface area (Å²) in [7, 11) is -4.26. The molecule has 1 saturated heterocycles. The summed E-state index contributed by atoms with van der Waals surface area (Å²) in [6.07, 6.45) is 0.165. The molecule has 0 radical (unpaired) electrons. The molecule has 1 fully saturated rings. The molecule has 0 saturated carbocycles. The summed E-state index contributed by atoms with van der Waals surface area (Å²) < 4.78 is 39.8. The quantitative estimate of drug-likeness (QED) is 0.349. The first kappa shape index (κ1) is 14.4. The number of hydrogen-bond acceptors (Lipinski definition) is 5. The minimum Gasteiger partial charge on any atom is -0.377 e. The number of likely N-dealkylation sites (N-methyl/N-ethyl adjacent to an activating group) is 1. The molecule has 0 aromatic heterocycles. The van der Waals surface area contributed by atoms with Crippen molar-refractivity contribution in [1.29, 1.82) is 0 Å². The van der Waals surface area contributed by atoms with Gasteiger partial charge in [-0.2, -0.15) is 8.42 Å². The van der Waals surface area contributed by atoms with Crippen LogP contribution in [-0.2, 0) is 24.4 Å². The Morgan fingerprint density at radius 1 is 1.59 bits per heavy atom. The zero-order valence-corrected chi connectivity index (χ0v) is 10.5. The number of carbonyl (C=O) groups is 1. The number of rotatable bonds is 8. The molecule has 1 atom stereocenters. The van der Waals surface area contributed by atoms with Crippen molar-refractivity contribution >= 4 is 16.0 Å². The predicted octanol–water partition coefficient (Wildman–Crippen LogP) is -0.862. The minimum atomic E-state index is -4.26. The van der Waals surface area contributed by atoms with Gasteiger partial charge in [0.15, 0.2) is 5.75 Å². The summed E-state index contributed by atoms with van der Waals surface area (Å²) in [6.45, 7) is 3.93. The van der Waals surface area contributed by atoms with Crippen molar-refractivity contribution in [2.75, 3.05) is 38.7 Å². The molecule has 0 spiro atoms. The first-order valence-corrected chi connectivity index (χ1v) is 6.95. The summed E-state index contributed by atoms with van der Waals surface area (Å²) in [5.74, 6) is -1.51. The molecule has 1 aliphatic rings. The van der Waals surface area contributed by atoms with Crippen molar-refractivity contribution in [1.82, 2.24) is 4.90 Å². The van der Waals surface area contributed by atoms with E-state index in [1.165, 1.54) is 4.90 Å². The highest BCUT2D eigenvalue weighted by Gasteiger charge is 2.23. The van der Waals surface area contributed by atoms with Gasteiger partial charge >= 0.3 is 0 Å². The first-order chi connectivity index (χ1) is 7.92. The molecule has 0 aliphatic carbocycles. The third kappa shape index (κ3) is 6.57. The highest BCUT2D eigenvalue weighted by molar-refractivity contribution is 7.86. The Bertz CT molecular complexity index is 350. The van der Waals surface area contributed by atoms with E-state index < -0.39 is 21.8 Å². The number of ether oxygens (including phenoxy) is 2. The van der Waals surface area contributed by atoms with Gasteiger partial charge < -0.3 is 14.4 Å². The van der Waals surface area contributed by atoms with E-state index in [2.05, 4.69) is 0 Å². The molecular weight excluding hydrogens is 250 g/mol. The number of nitrogens with zero attached hydrogens (tertiary/aromatic N) is 1. The topological polar surface area (TPSA) is 96.4 Å². The Labute approximate surface area is 100 Å². The second-order valence-corrected chi connectivity index (χ2v) is 5.18. The lowest BCUT2D eigenvalue weighted by atomic mass is 10.4. The molecule has 7 nitrogen and oxygen atoms in total. The molecular formula is C9H17NO6S. The van der Waals surface area contributed by atoms with Crippen LogP contribution in [0.25, 0.3) is 0 Å². The first-order valence-electron chi connectivity index (χ1n) is 5.34. The zero-order valence-electron chi connectivity index (χ0n) is 9.66. The molecule has 1 aliphatic heterocycles. The van der Waals surface area contributed by atoms with Crippen molar-refractivity contribution in [3.8, 4) is 0 Å². The molecule has 1 rings (SSSR count). The van der Waals surface area contributed by atoms with Gasteiger partial charge in [0.2, 0.25) is 5.91 Å². The Morgan fingerprint density at radius 3 is 2.71 bits per heavy atom. The molecule has 0 aromatic carbocycles. The summed E-state index contributed by atoms with van der Waals surface area (Å²) in [6, 6.07) is 0. The number of hydrogen-bond donors (Lipinski definition) is 1. The van der Waals surface area contributed by atoms with Gasteiger partial charge in [0.05, 0.1) is 19.8 Å². The highest BCUT2D eigenvalue weighted by atomic mass is 32.2. The Hall–Kier alpha value is -0.700. The maximum absolute atomic E-state index is 11.4. The lowest BCUT2D eigenvalue weighted by Crippen LogP contribution is -2.37. The summed E-state index contributed by atoms with van der Waals surface area (Å²) >= 11 is 0. The molecule has 100 valence electrons. The molecule has 0 bridgehead atoms. The van der Waals surface area contributed by atoms with Gasteiger partial charge in [0, 0.05) is 13.1 Å². The Morgan fingerprint density at radius 2 is 2.24 bits per heavy atom. The van der Waals surface area contributed by atoms with Gasteiger partial charge in [-0.3, -0.25) is 9.35 Å². The van der Waals surface area contributed by atoms with E-state index in [1.54, 1.807) is 6.92 Å². The normalized spacial score (nSPS) is 19.1. The average molecular weight is 267 g/mol. The molecule has 0 aromatic rings. The molecule has 8 heteroatoms. The third-order valence-electron chi connectivity index (χ3n) is 2.25. The van der Waals surface area contributed by atoms with Gasteiger partial charge in [0.25, 0.3) is 10.1 Å². The van der Waals surface area contributed by atoms with Crippen LogP contribution in [0.1, 0.15) is 6.92 Å². The van der Waals surface area contributed by atoms with Crippen LogP contribution in [0.5, 0.6) is 0 Å². The molecule has 1 amide bonds. The van der Waals surface area contributed by atoms with Crippen molar-refractivity contribution in [3.63, 3.8) is 0 Å². The van der Waals surface area contributed by atoms with E-state index in [4.69, 9.17) is 14.0 Å². The fourth-order valence-electron chi connectivity index (χ4n) is 1.26. The van der Waals surface area contributed by atoms with Crippen molar-refractivity contribution < 1.29 is 27.2 Å². The van der Waals surface area contributed by atoms with Gasteiger partial charge in [0.1, 0.15) is 6.10 Å². The van der Waals surface area contributed by atoms with E-state index in [0.29, 0.717) is 32.9 Å². The van der Waals surface area contributed by atoms with Gasteiger partial charge in [-0.25, -0.2) is 0 Å². The lowest BCUT2D eigenvalue weighted by molar-refractivity contribution is -0.129. The van der Waals surface area contributed by atoms with Crippen LogP contribution in [0, 0.1) is 0 Å². The average Bonchev–Trinajstić information content (AvgIpc) is 2.98. The minimum absolute atomic E-state index is 0.165. The number of carbonyl (C=O) groups excluding carboxylic acids is 1. The van der Waals surface area contributed by atoms with E-state index in [0.717, 1.165) is 0 Å². The summed E-state index contributed by atoms with van der Waals surface area (Å²) in [5, 5.41) is 0. The predicted molar refractivity (Wildman–Crippen MR) is 59.2 cm³/mol. The third-order valence-corrected chi connectivity index (χ3v) is 2.86. The van der Waals surface area contributed by atoms with Crippen LogP contribution in [0.15, 0.2) is 0 Å². The molecule has 17 heavy (non-hydrogen) atoms. The van der Waals surface area contributed by atoms with Gasteiger partial charge in [-0.05, 0) is 6.92 Å². The fraction of sp³-hybridized carbons (Fsp3) is 0.889. The molecule has 1 heterocycles. The Kier molecular flexibility index (Phi) is 5.31. The van der Waals surface area contributed by atoms with Crippen molar-refractivity contribution in [3.05, 3.63) is 0 Å². The summed E-state index contributed by atoms with van der Waals surface area (Å²) in [4.78, 5) is 12.8. The summed E-state index contributed by atoms with van der Waals surface area (Å²) in [5.41, 5.74) is 0. The SMILES string of the molecule is CCN(CCOCC1CO1)C(=O)CS(=O)(=O)O. The van der Waals surface area contributed by atoms with Crippen LogP contribution in [0.3, 0.4) is 0 Å². The van der Waals surface area contributed by atoms with E-state index in [9.17, 15) is 13.2 Å². The maximum Gasteiger partial charge on any atom is 0.274 e. The van der Waals surface area contributed by atoms with Gasteiger partial charge in [-0.1, -0.05) is 0 Å². The lowest BCUT2D eigenvalue weighted by Gasteiger charge is -2.19. The maximum atomic E-state index is 11.4. The van der Waals surface area contributed by atoms with E-state index >= 15 is 0 Å². The fourth-order valence-corrected chi connectivity index (χ4v) is 1.75. The van der Waals surface area contributed by atoms with Crippen LogP contribution < -0.4 is 0 Å². The largest absolute Gasteiger partial charge is 0.377 e. The van der Waals surface area contributed by atoms with E-state index in [1.807, 2.05) is 0 Å². The van der Waals surface area contributed by atoms with Crippen LogP contribution in [0.2, 0.25) is 0 Å². The second kappa shape index (κ2) is 6.29. The molecule has 1 unspecified atom stereocenters. The van der Waals surface area contributed by atoms with Crippen LogP contribution in [0.4, 0.5) is 0 Å². The van der Waals surface area contributed by atoms with Crippen LogP contribution in [-0.4, -0.2) is 68.5 Å². The number of epoxide rings is 1.